The molecular weight excluding hydrogens is 448 g/mol. The Labute approximate surface area is 193 Å². The van der Waals surface area contributed by atoms with Gasteiger partial charge in [-0.05, 0) is 43.2 Å². The monoisotopic (exact) mass is 488 g/mol. The summed E-state index contributed by atoms with van der Waals surface area (Å²) in [7, 11) is -4.01. The number of Topliss-reactive ketones (excluding diaryl/α,β-unsaturated/α-hetero) is 1. The Bertz CT molecular complexity index is 666. The van der Waals surface area contributed by atoms with Crippen LogP contribution in [0.5, 0.6) is 0 Å². The van der Waals surface area contributed by atoms with Gasteiger partial charge in [0, 0.05) is 5.75 Å². The molecule has 178 valence electrons. The van der Waals surface area contributed by atoms with E-state index in [2.05, 4.69) is 41.5 Å². The van der Waals surface area contributed by atoms with E-state index in [1.165, 1.54) is 18.7 Å². The van der Waals surface area contributed by atoms with E-state index in [0.717, 1.165) is 36.3 Å². The van der Waals surface area contributed by atoms with Crippen LogP contribution in [0.25, 0.3) is 0 Å². The van der Waals surface area contributed by atoms with E-state index in [-0.39, 0.29) is 18.0 Å². The molecule has 0 unspecified atom stereocenters. The summed E-state index contributed by atoms with van der Waals surface area (Å²) in [4.78, 5) is 26.0. The highest BCUT2D eigenvalue weighted by molar-refractivity contribution is 8.02. The molecule has 3 heterocycles. The zero-order valence-corrected chi connectivity index (χ0v) is 23.0. The van der Waals surface area contributed by atoms with Gasteiger partial charge >= 0.3 is 5.97 Å². The number of fused-ring (bicyclic) bond motifs is 2. The van der Waals surface area contributed by atoms with Crippen molar-refractivity contribution >= 4 is 40.1 Å². The van der Waals surface area contributed by atoms with Crippen LogP contribution in [-0.4, -0.2) is 69.4 Å². The quantitative estimate of drug-likeness (QED) is 0.240. The molecule has 0 N–H and O–H groups in total. The molecule has 3 rings (SSSR count). The van der Waals surface area contributed by atoms with E-state index >= 15 is 0 Å². The Morgan fingerprint density at radius 2 is 1.45 bits per heavy atom. The Morgan fingerprint density at radius 3 is 1.90 bits per heavy atom. The predicted molar refractivity (Wildman–Crippen MR) is 129 cm³/mol. The van der Waals surface area contributed by atoms with Crippen LogP contribution in [0.15, 0.2) is 0 Å². The molecule has 0 amide bonds. The number of esters is 1. The second-order valence-electron chi connectivity index (χ2n) is 9.22. The zero-order valence-electron chi connectivity index (χ0n) is 20.2. The second kappa shape index (κ2) is 9.58. The van der Waals surface area contributed by atoms with Crippen molar-refractivity contribution in [3.63, 3.8) is 0 Å². The Morgan fingerprint density at radius 1 is 0.968 bits per heavy atom. The molecule has 0 aromatic carbocycles. The van der Waals surface area contributed by atoms with E-state index in [4.69, 9.17) is 18.3 Å². The Balaban J connectivity index is 2.04. The highest BCUT2D eigenvalue weighted by Crippen LogP contribution is 2.52. The van der Waals surface area contributed by atoms with Gasteiger partial charge in [0.25, 0.3) is 0 Å². The Kier molecular flexibility index (Phi) is 7.86. The first kappa shape index (κ1) is 25.4. The van der Waals surface area contributed by atoms with Gasteiger partial charge in [-0.25, -0.2) is 4.79 Å². The van der Waals surface area contributed by atoms with Crippen molar-refractivity contribution in [2.24, 2.45) is 0 Å². The molecule has 3 saturated heterocycles. The normalized spacial score (nSPS) is 35.2. The van der Waals surface area contributed by atoms with Gasteiger partial charge in [0.2, 0.25) is 0 Å². The molecule has 3 fully saturated rings. The lowest BCUT2D eigenvalue weighted by Gasteiger charge is -2.59. The summed E-state index contributed by atoms with van der Waals surface area (Å²) < 4.78 is 25.1. The first-order chi connectivity index (χ1) is 14.7. The smallest absolute Gasteiger partial charge is 0.333 e. The van der Waals surface area contributed by atoms with Gasteiger partial charge in [-0.15, -0.1) is 11.8 Å². The minimum Gasteiger partial charge on any atom is -0.455 e. The highest BCUT2D eigenvalue weighted by Gasteiger charge is 2.70. The SMILES string of the molecule is CC[Si](CC)(CC)O[C@@H]1[C@H]2OC(=O)[C@]3(C(C)=O)SC[C@@H](O[C@H]13)[C@H]2O[Si](CC)(CC)CC. The molecule has 9 heteroatoms. The second-order valence-corrected chi connectivity index (χ2v) is 19.9. The van der Waals surface area contributed by atoms with Crippen LogP contribution in [0.4, 0.5) is 0 Å². The summed E-state index contributed by atoms with van der Waals surface area (Å²) >= 11 is 1.38. The van der Waals surface area contributed by atoms with Crippen molar-refractivity contribution in [2.45, 2.75) is 120 Å². The number of rotatable bonds is 11. The van der Waals surface area contributed by atoms with E-state index in [1.54, 1.807) is 0 Å². The lowest BCUT2D eigenvalue weighted by molar-refractivity contribution is -0.254. The molecule has 3 aliphatic rings. The fourth-order valence-electron chi connectivity index (χ4n) is 5.49. The van der Waals surface area contributed by atoms with Crippen LogP contribution in [-0.2, 0) is 27.9 Å². The number of ketones is 1. The fourth-order valence-corrected chi connectivity index (χ4v) is 12.6. The summed E-state index contributed by atoms with van der Waals surface area (Å²) in [5.41, 5.74) is 0. The molecule has 3 bridgehead atoms. The molecule has 6 nitrogen and oxygen atoms in total. The maximum atomic E-state index is 13.2. The summed E-state index contributed by atoms with van der Waals surface area (Å²) in [6.07, 6.45) is -2.06. The lowest BCUT2D eigenvalue weighted by Crippen LogP contribution is -2.78. The maximum absolute atomic E-state index is 13.2. The third kappa shape index (κ3) is 4.01. The van der Waals surface area contributed by atoms with Gasteiger partial charge in [-0.1, -0.05) is 41.5 Å². The zero-order chi connectivity index (χ0) is 23.0. The number of hydrogen-bond acceptors (Lipinski definition) is 7. The minimum absolute atomic E-state index is 0.183. The van der Waals surface area contributed by atoms with Crippen molar-refractivity contribution in [3.05, 3.63) is 0 Å². The van der Waals surface area contributed by atoms with E-state index in [0.29, 0.717) is 5.75 Å². The molecular formula is C22H40O6SSi2. The van der Waals surface area contributed by atoms with Crippen LogP contribution < -0.4 is 0 Å². The van der Waals surface area contributed by atoms with Crippen LogP contribution in [0.3, 0.4) is 0 Å². The molecule has 31 heavy (non-hydrogen) atoms. The topological polar surface area (TPSA) is 71.1 Å². The van der Waals surface area contributed by atoms with Crippen molar-refractivity contribution in [1.82, 2.24) is 0 Å². The molecule has 0 aromatic rings. The van der Waals surface area contributed by atoms with Gasteiger partial charge in [0.1, 0.15) is 18.3 Å². The van der Waals surface area contributed by atoms with Crippen molar-refractivity contribution in [2.75, 3.05) is 5.75 Å². The van der Waals surface area contributed by atoms with Gasteiger partial charge in [0.15, 0.2) is 33.3 Å². The van der Waals surface area contributed by atoms with Gasteiger partial charge in [-0.2, -0.15) is 0 Å². The van der Waals surface area contributed by atoms with E-state index in [9.17, 15) is 9.59 Å². The minimum atomic E-state index is -2.04. The summed E-state index contributed by atoms with van der Waals surface area (Å²) in [6, 6.07) is 5.99. The lowest BCUT2D eigenvalue weighted by atomic mass is 9.82. The maximum Gasteiger partial charge on any atom is 0.333 e. The third-order valence-electron chi connectivity index (χ3n) is 8.22. The molecule has 0 spiro atoms. The van der Waals surface area contributed by atoms with Crippen LogP contribution in [0.1, 0.15) is 48.5 Å². The molecule has 0 saturated carbocycles. The first-order valence-electron chi connectivity index (χ1n) is 12.1. The van der Waals surface area contributed by atoms with Crippen LogP contribution >= 0.6 is 11.8 Å². The summed E-state index contributed by atoms with van der Waals surface area (Å²) in [5.74, 6) is -0.104. The van der Waals surface area contributed by atoms with Crippen LogP contribution in [0.2, 0.25) is 36.3 Å². The molecule has 3 aliphatic heterocycles. The van der Waals surface area contributed by atoms with Crippen molar-refractivity contribution in [1.29, 1.82) is 0 Å². The molecule has 0 aliphatic carbocycles. The first-order valence-corrected chi connectivity index (χ1v) is 18.1. The third-order valence-corrected chi connectivity index (χ3v) is 19.1. The average Bonchev–Trinajstić information content (AvgIpc) is 2.79. The molecule has 6 atom stereocenters. The number of thioether (sulfide) groups is 1. The van der Waals surface area contributed by atoms with E-state index in [1.807, 2.05) is 0 Å². The molecule has 0 aromatic heterocycles. The summed E-state index contributed by atoms with van der Waals surface area (Å²) in [5, 5.41) is 0. The number of carbonyl (C=O) groups excluding carboxylic acids is 2. The van der Waals surface area contributed by atoms with Gasteiger partial charge in [0.05, 0.1) is 6.10 Å². The number of hydrogen-bond donors (Lipinski definition) is 0. The average molecular weight is 489 g/mol. The molecule has 0 radical (unpaired) electrons. The fraction of sp³-hybridized carbons (Fsp3) is 0.909. The van der Waals surface area contributed by atoms with Crippen molar-refractivity contribution < 1.29 is 27.9 Å². The standard InChI is InChI=1S/C22H40O6SSi2/c1-8-30(9-2,10-3)27-17-16-14-29-22(15(7)23)20(25-16)19(18(17)26-21(22)24)28-31(11-4,12-5)13-6/h16-20H,8-14H2,1-7H3/t16-,17-,18+,19-,20-,22-/m1/s1. The number of ether oxygens (including phenoxy) is 2. The predicted octanol–water partition coefficient (Wildman–Crippen LogP) is 4.53. The number of carbonyl (C=O) groups is 2. The highest BCUT2D eigenvalue weighted by atomic mass is 32.2. The van der Waals surface area contributed by atoms with Gasteiger partial charge < -0.3 is 18.3 Å². The van der Waals surface area contributed by atoms with Crippen LogP contribution in [0, 0.1) is 0 Å². The summed E-state index contributed by atoms with van der Waals surface area (Å²) in [6.45, 7) is 14.6. The van der Waals surface area contributed by atoms with Crippen molar-refractivity contribution in [3.8, 4) is 0 Å². The largest absolute Gasteiger partial charge is 0.455 e. The van der Waals surface area contributed by atoms with E-state index < -0.39 is 45.7 Å². The Hall–Kier alpha value is -0.196. The van der Waals surface area contributed by atoms with Gasteiger partial charge in [-0.3, -0.25) is 4.79 Å².